The van der Waals surface area contributed by atoms with Crippen LogP contribution in [-0.2, 0) is 6.54 Å². The molecule has 110 valence electrons. The lowest BCUT2D eigenvalue weighted by atomic mass is 10.2. The van der Waals surface area contributed by atoms with Crippen LogP contribution in [0.25, 0.3) is 11.4 Å². The zero-order chi connectivity index (χ0) is 15.2. The fraction of sp³-hybridized carbons (Fsp3) is 0.125. The normalized spacial score (nSPS) is 10.4. The van der Waals surface area contributed by atoms with Crippen molar-refractivity contribution in [2.24, 2.45) is 0 Å². The minimum atomic E-state index is -0.0816. The molecule has 1 N–H and O–H groups in total. The summed E-state index contributed by atoms with van der Waals surface area (Å²) in [4.78, 5) is 20.1. The van der Waals surface area contributed by atoms with Gasteiger partial charge in [-0.2, -0.15) is 5.10 Å². The minimum Gasteiger partial charge on any atom is -0.350 e. The first kappa shape index (κ1) is 13.9. The van der Waals surface area contributed by atoms with Gasteiger partial charge in [0.1, 0.15) is 11.4 Å². The molecule has 0 aliphatic heterocycles. The average Bonchev–Trinajstić information content (AvgIpc) is 3.05. The molecule has 1 amide bonds. The molecule has 0 aliphatic carbocycles. The lowest BCUT2D eigenvalue weighted by Crippen LogP contribution is -2.27. The van der Waals surface area contributed by atoms with Crippen molar-refractivity contribution in [3.05, 3.63) is 66.7 Å². The molecule has 1 aromatic carbocycles. The van der Waals surface area contributed by atoms with Gasteiger partial charge in [-0.3, -0.25) is 19.4 Å². The van der Waals surface area contributed by atoms with Crippen LogP contribution in [0.4, 0.5) is 0 Å². The van der Waals surface area contributed by atoms with Crippen molar-refractivity contribution in [2.75, 3.05) is 6.54 Å². The monoisotopic (exact) mass is 293 g/mol. The number of carbonyl (C=O) groups excluding carboxylic acids is 1. The SMILES string of the molecule is O=C(NCCn1ccc(-c2cnccn2)n1)c1ccccc1. The summed E-state index contributed by atoms with van der Waals surface area (Å²) in [7, 11) is 0. The van der Waals surface area contributed by atoms with E-state index in [-0.39, 0.29) is 5.91 Å². The Labute approximate surface area is 127 Å². The van der Waals surface area contributed by atoms with Crippen LogP contribution in [0.15, 0.2) is 61.2 Å². The molecule has 22 heavy (non-hydrogen) atoms. The number of amides is 1. The van der Waals surface area contributed by atoms with E-state index in [2.05, 4.69) is 20.4 Å². The van der Waals surface area contributed by atoms with Crippen molar-refractivity contribution in [1.29, 1.82) is 0 Å². The quantitative estimate of drug-likeness (QED) is 0.778. The summed E-state index contributed by atoms with van der Waals surface area (Å²) in [5.41, 5.74) is 2.15. The van der Waals surface area contributed by atoms with Crippen LogP contribution in [0.5, 0.6) is 0 Å². The highest BCUT2D eigenvalue weighted by Crippen LogP contribution is 2.11. The van der Waals surface area contributed by atoms with Crippen LogP contribution in [-0.4, -0.2) is 32.2 Å². The van der Waals surface area contributed by atoms with Crippen molar-refractivity contribution < 1.29 is 4.79 Å². The van der Waals surface area contributed by atoms with Crippen molar-refractivity contribution in [2.45, 2.75) is 6.54 Å². The summed E-state index contributed by atoms with van der Waals surface area (Å²) in [6.45, 7) is 1.11. The van der Waals surface area contributed by atoms with Crippen molar-refractivity contribution >= 4 is 5.91 Å². The molecule has 0 atom stereocenters. The standard InChI is InChI=1S/C16H15N5O/c22-16(13-4-2-1-3-5-13)19-9-11-21-10-6-14(20-21)15-12-17-7-8-18-15/h1-8,10,12H,9,11H2,(H,19,22). The number of benzene rings is 1. The fourth-order valence-corrected chi connectivity index (χ4v) is 2.03. The van der Waals surface area contributed by atoms with Crippen LogP contribution in [0.1, 0.15) is 10.4 Å². The molecule has 0 spiro atoms. The van der Waals surface area contributed by atoms with Gasteiger partial charge in [0.05, 0.1) is 12.7 Å². The Hall–Kier alpha value is -3.02. The molecule has 0 saturated heterocycles. The number of aromatic nitrogens is 4. The molecule has 0 saturated carbocycles. The van der Waals surface area contributed by atoms with Crippen LogP contribution in [0.3, 0.4) is 0 Å². The Balaban J connectivity index is 1.55. The molecule has 0 unspecified atom stereocenters. The highest BCUT2D eigenvalue weighted by Gasteiger charge is 2.05. The molecule has 2 aromatic heterocycles. The van der Waals surface area contributed by atoms with Gasteiger partial charge in [-0.05, 0) is 18.2 Å². The van der Waals surface area contributed by atoms with Gasteiger partial charge in [-0.1, -0.05) is 18.2 Å². The van der Waals surface area contributed by atoms with Gasteiger partial charge >= 0.3 is 0 Å². The van der Waals surface area contributed by atoms with Crippen LogP contribution >= 0.6 is 0 Å². The summed E-state index contributed by atoms with van der Waals surface area (Å²) < 4.78 is 1.77. The van der Waals surface area contributed by atoms with Crippen LogP contribution in [0, 0.1) is 0 Å². The highest BCUT2D eigenvalue weighted by molar-refractivity contribution is 5.94. The summed E-state index contributed by atoms with van der Waals surface area (Å²) >= 11 is 0. The summed E-state index contributed by atoms with van der Waals surface area (Å²) in [6, 6.07) is 11.0. The van der Waals surface area contributed by atoms with Crippen molar-refractivity contribution in [3.8, 4) is 11.4 Å². The zero-order valence-corrected chi connectivity index (χ0v) is 11.9. The Morgan fingerprint density at radius 2 is 1.95 bits per heavy atom. The van der Waals surface area contributed by atoms with E-state index in [1.165, 1.54) is 0 Å². The maximum absolute atomic E-state index is 11.9. The number of hydrogen-bond donors (Lipinski definition) is 1. The molecule has 3 rings (SSSR count). The van der Waals surface area contributed by atoms with Crippen LogP contribution in [0.2, 0.25) is 0 Å². The maximum atomic E-state index is 11.9. The molecule has 0 radical (unpaired) electrons. The summed E-state index contributed by atoms with van der Waals surface area (Å²) in [5.74, 6) is -0.0816. The Kier molecular flexibility index (Phi) is 4.20. The molecule has 0 bridgehead atoms. The van der Waals surface area contributed by atoms with Gasteiger partial charge in [-0.25, -0.2) is 0 Å². The Morgan fingerprint density at radius 1 is 1.09 bits per heavy atom. The minimum absolute atomic E-state index is 0.0816. The Bertz CT molecular complexity index is 739. The third kappa shape index (κ3) is 3.35. The molecule has 6 heteroatoms. The lowest BCUT2D eigenvalue weighted by molar-refractivity contribution is 0.0952. The summed E-state index contributed by atoms with van der Waals surface area (Å²) in [5, 5.41) is 7.28. The van der Waals surface area contributed by atoms with E-state index in [9.17, 15) is 4.79 Å². The van der Waals surface area contributed by atoms with Gasteiger partial charge < -0.3 is 5.32 Å². The predicted octanol–water partition coefficient (Wildman–Crippen LogP) is 1.77. The van der Waals surface area contributed by atoms with Gasteiger partial charge in [-0.15, -0.1) is 0 Å². The first-order chi connectivity index (χ1) is 10.8. The number of nitrogens with one attached hydrogen (secondary N) is 1. The lowest BCUT2D eigenvalue weighted by Gasteiger charge is -2.05. The summed E-state index contributed by atoms with van der Waals surface area (Å²) in [6.07, 6.45) is 6.79. The predicted molar refractivity (Wildman–Crippen MR) is 82.0 cm³/mol. The largest absolute Gasteiger partial charge is 0.350 e. The van der Waals surface area contributed by atoms with E-state index in [0.717, 1.165) is 11.4 Å². The fourth-order valence-electron chi connectivity index (χ4n) is 2.03. The van der Waals surface area contributed by atoms with E-state index in [0.29, 0.717) is 18.7 Å². The van der Waals surface area contributed by atoms with E-state index < -0.39 is 0 Å². The van der Waals surface area contributed by atoms with Gasteiger partial charge in [0.25, 0.3) is 5.91 Å². The van der Waals surface area contributed by atoms with Gasteiger partial charge in [0.2, 0.25) is 0 Å². The van der Waals surface area contributed by atoms with Crippen LogP contribution < -0.4 is 5.32 Å². The molecule has 3 aromatic rings. The maximum Gasteiger partial charge on any atom is 0.251 e. The second-order valence-electron chi connectivity index (χ2n) is 4.68. The molecule has 2 heterocycles. The van der Waals surface area contributed by atoms with Crippen molar-refractivity contribution in [3.63, 3.8) is 0 Å². The topological polar surface area (TPSA) is 72.7 Å². The van der Waals surface area contributed by atoms with Gasteiger partial charge in [0, 0.05) is 30.7 Å². The first-order valence-corrected chi connectivity index (χ1v) is 6.96. The third-order valence-electron chi connectivity index (χ3n) is 3.13. The molecular weight excluding hydrogens is 278 g/mol. The van der Waals surface area contributed by atoms with Gasteiger partial charge in [0.15, 0.2) is 0 Å². The number of nitrogens with zero attached hydrogens (tertiary/aromatic N) is 4. The van der Waals surface area contributed by atoms with E-state index in [1.54, 1.807) is 35.4 Å². The van der Waals surface area contributed by atoms with E-state index in [4.69, 9.17) is 0 Å². The number of hydrogen-bond acceptors (Lipinski definition) is 4. The smallest absolute Gasteiger partial charge is 0.251 e. The molecular formula is C16H15N5O. The van der Waals surface area contributed by atoms with Crippen molar-refractivity contribution in [1.82, 2.24) is 25.1 Å². The molecule has 0 aliphatic rings. The van der Waals surface area contributed by atoms with E-state index in [1.807, 2.05) is 30.5 Å². The number of rotatable bonds is 5. The molecule has 0 fully saturated rings. The zero-order valence-electron chi connectivity index (χ0n) is 11.9. The second kappa shape index (κ2) is 6.62. The van der Waals surface area contributed by atoms with E-state index >= 15 is 0 Å². The molecule has 6 nitrogen and oxygen atoms in total. The highest BCUT2D eigenvalue weighted by atomic mass is 16.1. The average molecular weight is 293 g/mol. The second-order valence-corrected chi connectivity index (χ2v) is 4.68. The third-order valence-corrected chi connectivity index (χ3v) is 3.13. The first-order valence-electron chi connectivity index (χ1n) is 6.96. The number of carbonyl (C=O) groups is 1. The Morgan fingerprint density at radius 3 is 2.73 bits per heavy atom.